The van der Waals surface area contributed by atoms with Crippen LogP contribution >= 0.6 is 0 Å². The summed E-state index contributed by atoms with van der Waals surface area (Å²) < 4.78 is 15.9. The Kier molecular flexibility index (Phi) is 8.60. The first kappa shape index (κ1) is 26.7. The van der Waals surface area contributed by atoms with Gasteiger partial charge in [0.05, 0.1) is 20.3 Å². The van der Waals surface area contributed by atoms with Gasteiger partial charge in [-0.15, -0.1) is 0 Å². The molecule has 0 saturated carbocycles. The van der Waals surface area contributed by atoms with Crippen LogP contribution in [0.1, 0.15) is 33.2 Å². The molecule has 0 unspecified atom stereocenters. The van der Waals surface area contributed by atoms with Gasteiger partial charge < -0.3 is 24.8 Å². The van der Waals surface area contributed by atoms with E-state index < -0.39 is 18.2 Å². The smallest absolute Gasteiger partial charge is 0.411 e. The van der Waals surface area contributed by atoms with Crippen molar-refractivity contribution in [1.82, 2.24) is 10.2 Å². The lowest BCUT2D eigenvalue weighted by molar-refractivity contribution is -0.126. The molecule has 4 rings (SSSR count). The van der Waals surface area contributed by atoms with Gasteiger partial charge in [-0.3, -0.25) is 14.5 Å². The first-order valence-electron chi connectivity index (χ1n) is 12.2. The molecule has 9 heteroatoms. The van der Waals surface area contributed by atoms with Crippen molar-refractivity contribution in [2.45, 2.75) is 25.6 Å². The molecule has 1 aliphatic rings. The van der Waals surface area contributed by atoms with Crippen LogP contribution in [0, 0.1) is 6.92 Å². The van der Waals surface area contributed by atoms with Gasteiger partial charge >= 0.3 is 6.09 Å². The number of carbonyl (C=O) groups is 3. The highest BCUT2D eigenvalue weighted by molar-refractivity contribution is 6.04. The number of cyclic esters (lactones) is 1. The van der Waals surface area contributed by atoms with Gasteiger partial charge in [0.25, 0.3) is 5.91 Å². The normalized spacial score (nSPS) is 16.6. The highest BCUT2D eigenvalue weighted by Gasteiger charge is 2.46. The van der Waals surface area contributed by atoms with Crippen molar-refractivity contribution in [3.05, 3.63) is 95.1 Å². The number of nitrogens with zero attached hydrogens (tertiary/aromatic N) is 1. The van der Waals surface area contributed by atoms with E-state index in [2.05, 4.69) is 10.6 Å². The van der Waals surface area contributed by atoms with E-state index in [1.165, 1.54) is 4.90 Å². The summed E-state index contributed by atoms with van der Waals surface area (Å²) in [4.78, 5) is 40.3. The molecule has 2 atom stereocenters. The molecule has 9 nitrogen and oxygen atoms in total. The van der Waals surface area contributed by atoms with Gasteiger partial charge in [0.15, 0.2) is 12.1 Å². The van der Waals surface area contributed by atoms with Crippen LogP contribution in [0.3, 0.4) is 0 Å². The van der Waals surface area contributed by atoms with E-state index in [9.17, 15) is 14.4 Å². The number of nitrogens with one attached hydrogen (secondary N) is 2. The molecule has 3 aromatic carbocycles. The maximum atomic E-state index is 13.2. The molecule has 1 heterocycles. The Morgan fingerprint density at radius 2 is 1.74 bits per heavy atom. The number of amides is 3. The average molecular weight is 518 g/mol. The van der Waals surface area contributed by atoms with Crippen LogP contribution in [0.4, 0.5) is 10.5 Å². The molecule has 0 spiro atoms. The molecule has 1 aliphatic heterocycles. The average Bonchev–Trinajstić information content (AvgIpc) is 3.26. The molecule has 1 saturated heterocycles. The second kappa shape index (κ2) is 12.2. The molecule has 198 valence electrons. The number of aryl methyl sites for hydroxylation is 1. The van der Waals surface area contributed by atoms with Crippen LogP contribution < -0.4 is 15.4 Å². The molecule has 38 heavy (non-hydrogen) atoms. The van der Waals surface area contributed by atoms with Gasteiger partial charge in [0.1, 0.15) is 5.75 Å². The highest BCUT2D eigenvalue weighted by Crippen LogP contribution is 2.34. The SMILES string of the molecule is COCCNC(=O)[C@@H]1[C@@H](c2ccc(NC(=O)c3cccc(OC)c3)cc2)OC(=O)N1Cc1ccc(C)cc1. The van der Waals surface area contributed by atoms with Crippen molar-refractivity contribution in [1.29, 1.82) is 0 Å². The molecule has 0 radical (unpaired) electrons. The van der Waals surface area contributed by atoms with Gasteiger partial charge in [-0.25, -0.2) is 4.79 Å². The summed E-state index contributed by atoms with van der Waals surface area (Å²) in [6.45, 7) is 2.86. The summed E-state index contributed by atoms with van der Waals surface area (Å²) in [6.07, 6.45) is -1.39. The van der Waals surface area contributed by atoms with E-state index >= 15 is 0 Å². The van der Waals surface area contributed by atoms with Gasteiger partial charge in [0.2, 0.25) is 5.91 Å². The number of rotatable bonds is 10. The number of carbonyl (C=O) groups excluding carboxylic acids is 3. The topological polar surface area (TPSA) is 106 Å². The Balaban J connectivity index is 1.53. The molecule has 3 amide bonds. The summed E-state index contributed by atoms with van der Waals surface area (Å²) in [5.41, 5.74) is 3.64. The zero-order valence-electron chi connectivity index (χ0n) is 21.6. The van der Waals surface area contributed by atoms with Crippen LogP contribution in [-0.2, 0) is 20.8 Å². The lowest BCUT2D eigenvalue weighted by Crippen LogP contribution is -2.47. The van der Waals surface area contributed by atoms with E-state index in [-0.39, 0.29) is 18.4 Å². The maximum absolute atomic E-state index is 13.2. The van der Waals surface area contributed by atoms with Crippen molar-refractivity contribution in [2.24, 2.45) is 0 Å². The fraction of sp³-hybridized carbons (Fsp3) is 0.276. The predicted octanol–water partition coefficient (Wildman–Crippen LogP) is 4.08. The summed E-state index contributed by atoms with van der Waals surface area (Å²) in [5.74, 6) is -0.0370. The Bertz CT molecular complexity index is 1280. The fourth-order valence-corrected chi connectivity index (χ4v) is 4.20. The van der Waals surface area contributed by atoms with Crippen molar-refractivity contribution >= 4 is 23.6 Å². The van der Waals surface area contributed by atoms with Crippen molar-refractivity contribution in [2.75, 3.05) is 32.7 Å². The van der Waals surface area contributed by atoms with E-state index in [4.69, 9.17) is 14.2 Å². The van der Waals surface area contributed by atoms with E-state index in [1.54, 1.807) is 62.8 Å². The quantitative estimate of drug-likeness (QED) is 0.393. The molecule has 3 aromatic rings. The Morgan fingerprint density at radius 1 is 1.00 bits per heavy atom. The van der Waals surface area contributed by atoms with Crippen molar-refractivity contribution in [3.63, 3.8) is 0 Å². The summed E-state index contributed by atoms with van der Waals surface area (Å²) in [6, 6.07) is 20.6. The summed E-state index contributed by atoms with van der Waals surface area (Å²) in [7, 11) is 3.09. The first-order chi connectivity index (χ1) is 18.4. The second-order valence-electron chi connectivity index (χ2n) is 8.95. The molecular formula is C29H31N3O6. The fourth-order valence-electron chi connectivity index (χ4n) is 4.20. The van der Waals surface area contributed by atoms with Gasteiger partial charge in [-0.2, -0.15) is 0 Å². The zero-order valence-corrected chi connectivity index (χ0v) is 21.6. The third-order valence-corrected chi connectivity index (χ3v) is 6.26. The summed E-state index contributed by atoms with van der Waals surface area (Å²) >= 11 is 0. The van der Waals surface area contributed by atoms with Crippen molar-refractivity contribution < 1.29 is 28.6 Å². The molecule has 0 aromatic heterocycles. The van der Waals surface area contributed by atoms with E-state index in [1.807, 2.05) is 31.2 Å². The number of benzene rings is 3. The van der Waals surface area contributed by atoms with Crippen LogP contribution in [0.15, 0.2) is 72.8 Å². The summed E-state index contributed by atoms with van der Waals surface area (Å²) in [5, 5.41) is 5.68. The molecule has 2 N–H and O–H groups in total. The van der Waals surface area contributed by atoms with Gasteiger partial charge in [0, 0.05) is 24.9 Å². The monoisotopic (exact) mass is 517 g/mol. The van der Waals surface area contributed by atoms with Crippen LogP contribution in [-0.4, -0.2) is 56.2 Å². The van der Waals surface area contributed by atoms with Crippen LogP contribution in [0.2, 0.25) is 0 Å². The third kappa shape index (κ3) is 6.30. The minimum atomic E-state index is -0.877. The number of methoxy groups -OCH3 is 2. The minimum absolute atomic E-state index is 0.229. The number of hydrogen-bond donors (Lipinski definition) is 2. The maximum Gasteiger partial charge on any atom is 0.411 e. The molecular weight excluding hydrogens is 486 g/mol. The van der Waals surface area contributed by atoms with E-state index in [0.717, 1.165) is 11.1 Å². The van der Waals surface area contributed by atoms with Crippen molar-refractivity contribution in [3.8, 4) is 5.75 Å². The Morgan fingerprint density at radius 3 is 2.42 bits per heavy atom. The predicted molar refractivity (Wildman–Crippen MR) is 142 cm³/mol. The highest BCUT2D eigenvalue weighted by atomic mass is 16.6. The number of anilines is 1. The molecule has 1 fully saturated rings. The standard InChI is InChI=1S/C29H31N3O6/c1-19-7-9-20(10-8-19)18-32-25(28(34)30-15-16-36-2)26(38-29(32)35)21-11-13-23(14-12-21)31-27(33)22-5-4-6-24(17-22)37-3/h4-14,17,25-26H,15-16,18H2,1-3H3,(H,30,34)(H,31,33)/t25-,26+/m0/s1. The largest absolute Gasteiger partial charge is 0.497 e. The van der Waals surface area contributed by atoms with Gasteiger partial charge in [-0.05, 0) is 48.4 Å². The second-order valence-corrected chi connectivity index (χ2v) is 8.95. The molecule has 0 bridgehead atoms. The Hall–Kier alpha value is -4.37. The number of hydrogen-bond acceptors (Lipinski definition) is 6. The third-order valence-electron chi connectivity index (χ3n) is 6.26. The first-order valence-corrected chi connectivity index (χ1v) is 12.2. The van der Waals surface area contributed by atoms with Crippen LogP contribution in [0.25, 0.3) is 0 Å². The van der Waals surface area contributed by atoms with E-state index in [0.29, 0.717) is 35.7 Å². The number of ether oxygens (including phenoxy) is 3. The van der Waals surface area contributed by atoms with Crippen LogP contribution in [0.5, 0.6) is 5.75 Å². The zero-order chi connectivity index (χ0) is 27.1. The molecule has 0 aliphatic carbocycles. The minimum Gasteiger partial charge on any atom is -0.497 e. The lowest BCUT2D eigenvalue weighted by atomic mass is 10.00. The van der Waals surface area contributed by atoms with Gasteiger partial charge in [-0.1, -0.05) is 48.0 Å². The Labute approximate surface area is 221 Å². The lowest BCUT2D eigenvalue weighted by Gasteiger charge is -2.24.